The molecule has 4 aromatic rings. The van der Waals surface area contributed by atoms with Gasteiger partial charge in [-0.1, -0.05) is 74.7 Å². The standard InChI is InChI=1S/C47H55ClFN4O7PS/c1-4-23-59-46(57)30(3)51-61(58,60-37-15-6-5-7-16-37)42(49)32-17-20-40-34(24-32)26-41(62-40)43(54)50-27-33-11-8-9-14-36-18-19-39(53(36)44(33)55)45(56)52-28-38(29(2)47(52)21-22-47)31-12-10-13-35(48)25-31/h5-7,10,12-13,15-17,20,24-26,29-30,33,36,38-39,42H,4,8-9,11,14,18-19,21-23,27-28H2,1-3H3,(H,50,54)(H,51,58)/t29-,30+,33?,36+,38+,39+,42-,61?/m1/s1. The molecule has 2 N–H and O–H groups in total. The third-order valence-corrected chi connectivity index (χ3v) is 16.9. The Labute approximate surface area is 371 Å². The molecule has 3 aromatic carbocycles. The van der Waals surface area contributed by atoms with Gasteiger partial charge in [0.2, 0.25) is 17.7 Å². The van der Waals surface area contributed by atoms with Gasteiger partial charge in [-0.05, 0) is 117 Å². The molecular weight excluding hydrogens is 850 g/mol. The summed E-state index contributed by atoms with van der Waals surface area (Å²) < 4.78 is 42.5. The van der Waals surface area contributed by atoms with Crippen molar-refractivity contribution < 1.29 is 37.4 Å². The van der Waals surface area contributed by atoms with Crippen molar-refractivity contribution >= 4 is 64.2 Å². The van der Waals surface area contributed by atoms with Gasteiger partial charge in [0.25, 0.3) is 5.91 Å². The first kappa shape index (κ1) is 44.3. The molecule has 0 radical (unpaired) electrons. The first-order chi connectivity index (χ1) is 29.8. The second kappa shape index (κ2) is 18.4. The Morgan fingerprint density at radius 3 is 2.52 bits per heavy atom. The number of amides is 3. The summed E-state index contributed by atoms with van der Waals surface area (Å²) in [6, 6.07) is 20.8. The number of thiophene rings is 1. The number of alkyl halides is 1. The second-order valence-corrected chi connectivity index (χ2v) is 21.1. The van der Waals surface area contributed by atoms with E-state index in [4.69, 9.17) is 20.9 Å². The molecule has 62 heavy (non-hydrogen) atoms. The molecule has 8 atom stereocenters. The lowest BCUT2D eigenvalue weighted by atomic mass is 9.85. The van der Waals surface area contributed by atoms with Crippen LogP contribution in [0.3, 0.4) is 0 Å². The number of likely N-dealkylation sites (tertiary alicyclic amines) is 1. The van der Waals surface area contributed by atoms with Crippen LogP contribution in [0.25, 0.3) is 10.1 Å². The van der Waals surface area contributed by atoms with Crippen molar-refractivity contribution in [2.75, 3.05) is 19.7 Å². The average molecular weight is 905 g/mol. The average Bonchev–Trinajstić information content (AvgIpc) is 3.63. The molecule has 4 heterocycles. The quantitative estimate of drug-likeness (QED) is 0.0944. The van der Waals surface area contributed by atoms with Crippen molar-refractivity contribution in [3.05, 3.63) is 99.9 Å². The van der Waals surface area contributed by atoms with Gasteiger partial charge in [-0.25, -0.2) is 9.48 Å². The van der Waals surface area contributed by atoms with Gasteiger partial charge in [0, 0.05) is 40.3 Å². The Balaban J connectivity index is 0.951. The maximum Gasteiger partial charge on any atom is 0.355 e. The van der Waals surface area contributed by atoms with Crippen molar-refractivity contribution in [2.45, 2.75) is 114 Å². The number of rotatable bonds is 14. The zero-order valence-electron chi connectivity index (χ0n) is 35.4. The summed E-state index contributed by atoms with van der Waals surface area (Å²) in [5.41, 5.74) is 0.999. The zero-order chi connectivity index (χ0) is 43.8. The fourth-order valence-electron chi connectivity index (χ4n) is 9.92. The van der Waals surface area contributed by atoms with Crippen LogP contribution < -0.4 is 14.9 Å². The summed E-state index contributed by atoms with van der Waals surface area (Å²) in [6.45, 7) is 6.44. The van der Waals surface area contributed by atoms with Crippen molar-refractivity contribution in [1.29, 1.82) is 0 Å². The van der Waals surface area contributed by atoms with Crippen molar-refractivity contribution in [3.63, 3.8) is 0 Å². The molecule has 1 saturated carbocycles. The van der Waals surface area contributed by atoms with E-state index in [1.54, 1.807) is 42.5 Å². The number of hydrogen-bond donors (Lipinski definition) is 2. The molecule has 4 fully saturated rings. The molecule has 1 aromatic heterocycles. The molecule has 3 saturated heterocycles. The van der Waals surface area contributed by atoms with Crippen LogP contribution in [-0.4, -0.2) is 76.9 Å². The maximum absolute atomic E-state index is 16.5. The van der Waals surface area contributed by atoms with Crippen molar-refractivity contribution in [2.24, 2.45) is 11.8 Å². The molecule has 11 nitrogen and oxygen atoms in total. The summed E-state index contributed by atoms with van der Waals surface area (Å²) in [5, 5.41) is 6.85. The third kappa shape index (κ3) is 8.92. The Kier molecular flexibility index (Phi) is 13.2. The fraction of sp³-hybridized carbons (Fsp3) is 0.489. The fourth-order valence-corrected chi connectivity index (χ4v) is 13.0. The molecule has 2 unspecified atom stereocenters. The van der Waals surface area contributed by atoms with Gasteiger partial charge in [-0.2, -0.15) is 0 Å². The van der Waals surface area contributed by atoms with Crippen LogP contribution in [0, 0.1) is 11.8 Å². The van der Waals surface area contributed by atoms with E-state index in [1.165, 1.54) is 30.4 Å². The Morgan fingerprint density at radius 1 is 1.00 bits per heavy atom. The Morgan fingerprint density at radius 2 is 1.77 bits per heavy atom. The number of carbonyl (C=O) groups is 4. The molecule has 1 aliphatic carbocycles. The predicted molar refractivity (Wildman–Crippen MR) is 239 cm³/mol. The lowest BCUT2D eigenvalue weighted by molar-refractivity contribution is -0.149. The number of halogens is 2. The number of nitrogens with one attached hydrogen (secondary N) is 2. The summed E-state index contributed by atoms with van der Waals surface area (Å²) in [7, 11) is -4.43. The van der Waals surface area contributed by atoms with Gasteiger partial charge in [0.1, 0.15) is 17.8 Å². The van der Waals surface area contributed by atoms with Crippen LogP contribution in [0.1, 0.15) is 111 Å². The number of esters is 1. The van der Waals surface area contributed by atoms with Crippen LogP contribution in [0.4, 0.5) is 4.39 Å². The molecule has 1 spiro atoms. The summed E-state index contributed by atoms with van der Waals surface area (Å²) in [4.78, 5) is 59.8. The largest absolute Gasteiger partial charge is 0.465 e. The minimum atomic E-state index is -4.43. The van der Waals surface area contributed by atoms with Gasteiger partial charge in [0.15, 0.2) is 0 Å². The van der Waals surface area contributed by atoms with Crippen LogP contribution in [-0.2, 0) is 23.7 Å². The number of hydrogen-bond acceptors (Lipinski definition) is 8. The van der Waals surface area contributed by atoms with Crippen LogP contribution in [0.5, 0.6) is 5.75 Å². The van der Waals surface area contributed by atoms with Gasteiger partial charge in [-0.3, -0.25) is 23.7 Å². The van der Waals surface area contributed by atoms with E-state index in [-0.39, 0.29) is 65.6 Å². The lowest BCUT2D eigenvalue weighted by Crippen LogP contribution is -2.55. The van der Waals surface area contributed by atoms with Gasteiger partial charge >= 0.3 is 13.5 Å². The summed E-state index contributed by atoms with van der Waals surface area (Å²) >= 11 is 7.61. The Hall–Kier alpha value is -4.29. The minimum Gasteiger partial charge on any atom is -0.465 e. The van der Waals surface area contributed by atoms with E-state index < -0.39 is 37.4 Å². The zero-order valence-corrected chi connectivity index (χ0v) is 37.9. The van der Waals surface area contributed by atoms with E-state index >= 15 is 4.39 Å². The minimum absolute atomic E-state index is 0.00771. The molecule has 3 aliphatic heterocycles. The van der Waals surface area contributed by atoms with E-state index in [2.05, 4.69) is 28.3 Å². The molecule has 4 aliphatic rings. The molecule has 15 heteroatoms. The normalized spacial score (nSPS) is 25.0. The summed E-state index contributed by atoms with van der Waals surface area (Å²) in [6.07, 6.45) is 7.19. The number of nitrogens with zero attached hydrogens (tertiary/aromatic N) is 2. The number of carbonyl (C=O) groups excluding carboxylic acids is 4. The monoisotopic (exact) mass is 904 g/mol. The topological polar surface area (TPSA) is 134 Å². The molecule has 3 amide bonds. The highest BCUT2D eigenvalue weighted by molar-refractivity contribution is 7.57. The molecule has 0 bridgehead atoms. The van der Waals surface area contributed by atoms with Crippen molar-refractivity contribution in [1.82, 2.24) is 20.2 Å². The Bertz CT molecular complexity index is 2360. The van der Waals surface area contributed by atoms with E-state index in [0.29, 0.717) is 45.8 Å². The predicted octanol–water partition coefficient (Wildman–Crippen LogP) is 9.80. The first-order valence-corrected chi connectivity index (χ1v) is 24.8. The highest BCUT2D eigenvalue weighted by Crippen LogP contribution is 2.59. The number of para-hydroxylation sites is 1. The third-order valence-electron chi connectivity index (χ3n) is 13.4. The van der Waals surface area contributed by atoms with Crippen LogP contribution in [0.15, 0.2) is 78.9 Å². The lowest BCUT2D eigenvalue weighted by Gasteiger charge is -2.38. The highest BCUT2D eigenvalue weighted by atomic mass is 35.5. The van der Waals surface area contributed by atoms with E-state index in [9.17, 15) is 23.7 Å². The van der Waals surface area contributed by atoms with Gasteiger partial charge in [-0.15, -0.1) is 11.3 Å². The van der Waals surface area contributed by atoms with E-state index in [1.807, 2.05) is 30.0 Å². The van der Waals surface area contributed by atoms with Gasteiger partial charge in [0.05, 0.1) is 17.4 Å². The smallest absolute Gasteiger partial charge is 0.355 e. The van der Waals surface area contributed by atoms with Gasteiger partial charge < -0.3 is 24.4 Å². The second-order valence-electron chi connectivity index (χ2n) is 17.4. The number of benzene rings is 3. The maximum atomic E-state index is 16.5. The molecule has 8 rings (SSSR count). The van der Waals surface area contributed by atoms with Crippen LogP contribution >= 0.6 is 30.5 Å². The van der Waals surface area contributed by atoms with E-state index in [0.717, 1.165) is 44.1 Å². The SMILES string of the molecule is CCCOC(=O)[C@H](C)NP(=O)(Oc1ccccc1)[C@@H](F)c1ccc2sc(C(=O)NCC3CCCC[C@H]4CC[C@@H](C(=O)N5C[C@H](c6cccc(Cl)c6)[C@@H](C)C56CC6)N4C3=O)cc2c1. The summed E-state index contributed by atoms with van der Waals surface area (Å²) in [5.74, 6) is -3.12. The highest BCUT2D eigenvalue weighted by Gasteiger charge is 2.62. The molecular formula is C47H55ClFN4O7PS. The number of fused-ring (bicyclic) bond motifs is 2. The van der Waals surface area contributed by atoms with Crippen molar-refractivity contribution in [3.8, 4) is 5.75 Å². The molecule has 330 valence electrons. The van der Waals surface area contributed by atoms with Crippen LogP contribution in [0.2, 0.25) is 5.02 Å². The number of ether oxygens (including phenoxy) is 1. The first-order valence-electron chi connectivity index (χ1n) is 22.0.